The molecule has 4 aromatic rings. The first-order valence-corrected chi connectivity index (χ1v) is 52.1. The monoisotopic (exact) mass is 2040 g/mol. The van der Waals surface area contributed by atoms with Crippen molar-refractivity contribution in [3.63, 3.8) is 0 Å². The van der Waals surface area contributed by atoms with Gasteiger partial charge in [-0.15, -0.1) is 22.7 Å². The number of nitrogens with two attached hydrogens (primary N) is 6. The maximum atomic E-state index is 14.6. The van der Waals surface area contributed by atoms with E-state index in [1.807, 2.05) is 29.8 Å². The fourth-order valence-corrected chi connectivity index (χ4v) is 20.4. The average Bonchev–Trinajstić information content (AvgIpc) is 1.68. The number of rotatable bonds is 33. The van der Waals surface area contributed by atoms with Crippen LogP contribution in [-0.4, -0.2) is 250 Å². The minimum atomic E-state index is -1.49. The third-order valence-corrected chi connectivity index (χ3v) is 28.6. The Morgan fingerprint density at radius 1 is 0.468 bits per heavy atom. The number of carbonyl (C=O) groups excluding carboxylic acids is 18. The van der Waals surface area contributed by atoms with Crippen molar-refractivity contribution in [2.24, 2.45) is 79.9 Å². The van der Waals surface area contributed by atoms with E-state index in [9.17, 15) is 86.3 Å². The van der Waals surface area contributed by atoms with Crippen LogP contribution in [0.2, 0.25) is 10.0 Å². The summed E-state index contributed by atoms with van der Waals surface area (Å²) in [4.78, 5) is 261. The number of Topliss-reactive ketones (excluding diaryl/α,β-unsaturated/α-hetero) is 4. The van der Waals surface area contributed by atoms with Gasteiger partial charge in [-0.1, -0.05) is 94.2 Å². The van der Waals surface area contributed by atoms with Gasteiger partial charge in [0.15, 0.2) is 23.5 Å². The Hall–Kier alpha value is -11.1. The second-order valence-electron chi connectivity index (χ2n) is 35.8. The first-order chi connectivity index (χ1) is 66.2. The molecule has 0 bridgehead atoms. The number of benzene rings is 2. The van der Waals surface area contributed by atoms with Crippen molar-refractivity contribution in [3.05, 3.63) is 114 Å². The smallest absolute Gasteiger partial charge is 0.243 e. The van der Waals surface area contributed by atoms with Crippen LogP contribution in [0, 0.1) is 35.5 Å². The minimum Gasteiger partial charge on any atom is -0.370 e. The Morgan fingerprint density at radius 3 is 1.19 bits per heavy atom. The van der Waals surface area contributed by atoms with Crippen LogP contribution in [-0.2, 0) is 112 Å². The normalized spacial score (nSPS) is 22.9. The number of thioether (sulfide) groups is 2. The van der Waals surface area contributed by atoms with Crippen molar-refractivity contribution in [3.8, 4) is 0 Å². The molecule has 762 valence electrons. The Labute approximate surface area is 837 Å². The number of amides is 14. The summed E-state index contributed by atoms with van der Waals surface area (Å²) in [6, 6.07) is 9.39. The molecule has 4 fully saturated rings. The van der Waals surface area contributed by atoms with Crippen LogP contribution in [0.4, 0.5) is 0 Å². The molecule has 22 N–H and O–H groups in total. The molecular weight excluding hydrogens is 1910 g/mol. The molecule has 38 nitrogen and oxygen atoms in total. The van der Waals surface area contributed by atoms with Gasteiger partial charge >= 0.3 is 0 Å². The van der Waals surface area contributed by atoms with E-state index in [1.165, 1.54) is 56.0 Å². The van der Waals surface area contributed by atoms with Gasteiger partial charge in [-0.3, -0.25) is 96.3 Å². The van der Waals surface area contributed by atoms with Gasteiger partial charge in [0.2, 0.25) is 82.7 Å². The van der Waals surface area contributed by atoms with Crippen molar-refractivity contribution < 1.29 is 86.3 Å². The number of primary amides is 2. The lowest BCUT2D eigenvalue weighted by Gasteiger charge is -2.30. The highest BCUT2D eigenvalue weighted by Crippen LogP contribution is 2.31. The van der Waals surface area contributed by atoms with E-state index in [2.05, 4.69) is 63.2 Å². The zero-order chi connectivity index (χ0) is 102. The SMILES string of the molecule is CCCNC(=O)[C@@H](CCCN=C(N)N)NC(=O)[C@@H]1CCCN1C(=O)[C@@H]1CSCCCC(=O)C[C@@H](Cc2ccc(Cl)cc2)C(=O)N[C@@H](Cc2cccs2)C(=O)N[C@@H](C(C)C)C(=O)N[C@@H](CC(N)=O)C(=O)C1.CCNC(=O)[C@@H](CCCN=C(N)N)NC(=O)[C@@H]1CCCN1C(=O)[C@@H]1CSCCCC(=O)C[C@@H](Cc2ccc(Cl)cc2)C(=O)N[C@@H](Cc2cccs2)C(=O)N[C@@H](C(C)C)C(=O)N[C@@H](CC(N)=O)C(=O)C1. The quantitative estimate of drug-likeness (QED) is 0.0184. The number of carbonyl (C=O) groups is 18. The fraction of sp³-hybridized carbons (Fsp3) is 0.579. The van der Waals surface area contributed by atoms with E-state index in [4.69, 9.17) is 57.6 Å². The molecule has 139 heavy (non-hydrogen) atoms. The number of halogens is 2. The Bertz CT molecular complexity index is 4890. The van der Waals surface area contributed by atoms with Gasteiger partial charge in [-0.2, -0.15) is 23.5 Å². The third-order valence-electron chi connectivity index (χ3n) is 23.9. The zero-order valence-corrected chi connectivity index (χ0v) is 84.4. The van der Waals surface area contributed by atoms with Crippen molar-refractivity contribution in [2.45, 2.75) is 250 Å². The second kappa shape index (κ2) is 59.5. The first kappa shape index (κ1) is 115. The number of hydrogen-bond acceptors (Lipinski definition) is 24. The molecule has 0 aliphatic carbocycles. The summed E-state index contributed by atoms with van der Waals surface area (Å²) in [6.45, 7) is 11.9. The van der Waals surface area contributed by atoms with E-state index in [1.54, 1.807) is 95.3 Å². The topological polar surface area (TPSA) is 615 Å². The van der Waals surface area contributed by atoms with Crippen LogP contribution >= 0.6 is 69.4 Å². The molecule has 44 heteroatoms. The van der Waals surface area contributed by atoms with Gasteiger partial charge in [0.1, 0.15) is 59.9 Å². The Balaban J connectivity index is 0.000000378. The van der Waals surface area contributed by atoms with Gasteiger partial charge in [0, 0.05) is 134 Å². The summed E-state index contributed by atoms with van der Waals surface area (Å²) >= 11 is 17.7. The van der Waals surface area contributed by atoms with Gasteiger partial charge < -0.3 is 97.4 Å². The molecule has 0 spiro atoms. The van der Waals surface area contributed by atoms with Crippen molar-refractivity contribution >= 4 is 187 Å². The summed E-state index contributed by atoms with van der Waals surface area (Å²) in [5.74, 6) is -14.8. The molecule has 2 aromatic heterocycles. The van der Waals surface area contributed by atoms with Gasteiger partial charge in [-0.05, 0) is 172 Å². The van der Waals surface area contributed by atoms with Crippen LogP contribution < -0.4 is 87.6 Å². The summed E-state index contributed by atoms with van der Waals surface area (Å²) in [6.07, 6.45) is 2.45. The molecule has 8 rings (SSSR count). The predicted molar refractivity (Wildman–Crippen MR) is 536 cm³/mol. The standard InChI is InChI=1S/C48H69ClN10O9S2.C47H67ClN10O9S2/c1-4-17-53-43(64)35(11-5-18-54-48(51)52)55-45(66)38-12-6-19-59(38)47(68)31-24-39(61)36(26-40(50)62)56-46(67)41(28(2)3)58-44(65)37(25-34-10-8-21-70-34)57-42(63)30(22-29-13-15-32(49)16-14-29)23-33(60)9-7-20-69-27-31;1-4-52-42(63)34(11-5-17-53-47(50)51)54-44(65)37-12-6-18-58(37)46(67)30-23-38(60)35(25-39(49)61)55-45(66)40(27(2)3)57-43(64)36(24-33-10-8-20-69-33)56-41(62)29(21-28-13-15-31(48)16-14-28)22-32(59)9-7-19-68-26-30/h8,10,13-16,21,28,30-31,35-38,41H,4-7,9,11-12,17-20,22-27H2,1-3H3,(H2,50,62)(H,53,64)(H,55,66)(H,56,67)(H,57,63)(H,58,65)(H4,51,52,54);8,10,13-16,20,27,29-30,34-37,40H,4-7,9,11-12,17-19,21-26H2,1-3H3,(H2,49,61)(H,52,63)(H,54,65)(H,55,66)(H,56,62)(H,57,64)(H4,50,51,53)/t30-,31+,35-,36+,37+,38+,41+;29-,30+,34-,35+,36+,37+,40+/m11/s1. The highest BCUT2D eigenvalue weighted by atomic mass is 35.5. The average molecular weight is 2050 g/mol. The second-order valence-corrected chi connectivity index (χ2v) is 41.1. The number of likely N-dealkylation sites (tertiary alicyclic amines) is 2. The number of aliphatic imine (C=N–C) groups is 2. The lowest BCUT2D eigenvalue weighted by atomic mass is 9.91. The highest BCUT2D eigenvalue weighted by molar-refractivity contribution is 7.99. The summed E-state index contributed by atoms with van der Waals surface area (Å²) in [5, 5.41) is 32.3. The Morgan fingerprint density at radius 2 is 0.849 bits per heavy atom. The summed E-state index contributed by atoms with van der Waals surface area (Å²) in [5.41, 5.74) is 34.5. The van der Waals surface area contributed by atoms with Crippen LogP contribution in [0.15, 0.2) is 93.5 Å². The molecular formula is C95H136Cl2N20O18S4. The third kappa shape index (κ3) is 39.5. The largest absolute Gasteiger partial charge is 0.370 e. The van der Waals surface area contributed by atoms with Crippen molar-refractivity contribution in [1.29, 1.82) is 0 Å². The van der Waals surface area contributed by atoms with E-state index in [0.717, 1.165) is 20.9 Å². The molecule has 4 aliphatic heterocycles. The first-order valence-electron chi connectivity index (χ1n) is 47.3. The number of likely N-dealkylation sites (N-methyl/N-ethyl adjacent to an activating group) is 1. The number of hydrogen-bond donors (Lipinski definition) is 16. The number of guanidine groups is 2. The molecule has 0 saturated carbocycles. The molecule has 6 heterocycles. The van der Waals surface area contributed by atoms with Gasteiger partial charge in [0.05, 0.1) is 36.8 Å². The lowest BCUT2D eigenvalue weighted by molar-refractivity contribution is -0.143. The molecule has 14 atom stereocenters. The van der Waals surface area contributed by atoms with Gasteiger partial charge in [-0.25, -0.2) is 0 Å². The van der Waals surface area contributed by atoms with Crippen LogP contribution in [0.1, 0.15) is 184 Å². The maximum Gasteiger partial charge on any atom is 0.243 e. The summed E-state index contributed by atoms with van der Waals surface area (Å²) in [7, 11) is 0. The summed E-state index contributed by atoms with van der Waals surface area (Å²) < 4.78 is 0. The van der Waals surface area contributed by atoms with Crippen LogP contribution in [0.5, 0.6) is 0 Å². The van der Waals surface area contributed by atoms with Gasteiger partial charge in [0.25, 0.3) is 0 Å². The zero-order valence-electron chi connectivity index (χ0n) is 79.6. The molecule has 0 radical (unpaired) electrons. The fourth-order valence-electron chi connectivity index (χ4n) is 16.6. The predicted octanol–water partition coefficient (Wildman–Crippen LogP) is 3.42. The lowest BCUT2D eigenvalue weighted by Crippen LogP contribution is -2.58. The maximum absolute atomic E-state index is 14.6. The number of nitrogens with zero attached hydrogens (tertiary/aromatic N) is 4. The van der Waals surface area contributed by atoms with Crippen LogP contribution in [0.25, 0.3) is 0 Å². The number of thiophene rings is 2. The molecule has 4 aliphatic rings. The highest BCUT2D eigenvalue weighted by Gasteiger charge is 2.45. The Kier molecular flexibility index (Phi) is 49.2. The molecule has 14 amide bonds. The van der Waals surface area contributed by atoms with E-state index >= 15 is 0 Å². The molecule has 0 unspecified atom stereocenters. The van der Waals surface area contributed by atoms with Crippen molar-refractivity contribution in [2.75, 3.05) is 62.3 Å². The van der Waals surface area contributed by atoms with E-state index in [-0.39, 0.29) is 132 Å². The van der Waals surface area contributed by atoms with Crippen LogP contribution in [0.3, 0.4) is 0 Å². The van der Waals surface area contributed by atoms with E-state index in [0.29, 0.717) is 86.0 Å². The van der Waals surface area contributed by atoms with Crippen molar-refractivity contribution in [1.82, 2.24) is 63.0 Å². The van der Waals surface area contributed by atoms with E-state index < -0.39 is 216 Å². The number of nitrogens with one attached hydrogen (secondary N) is 10. The minimum absolute atomic E-state index is 0.0745. The number of ketones is 4. The molecule has 4 saturated heterocycles. The molecule has 2 aromatic carbocycles.